The number of carbonyl (C=O) groups is 1. The second-order valence-corrected chi connectivity index (χ2v) is 5.58. The molecule has 1 N–H and O–H groups in total. The van der Waals surface area contributed by atoms with Crippen molar-refractivity contribution in [1.29, 1.82) is 0 Å². The van der Waals surface area contributed by atoms with E-state index in [1.807, 2.05) is 6.92 Å². The monoisotopic (exact) mass is 226 g/mol. The highest BCUT2D eigenvalue weighted by atomic mass is 31.2. The van der Waals surface area contributed by atoms with Gasteiger partial charge in [0.25, 0.3) is 7.37 Å². The molecule has 82 valence electrons. The predicted molar refractivity (Wildman–Crippen MR) is 60.4 cm³/mol. The molecule has 0 heterocycles. The van der Waals surface area contributed by atoms with Crippen molar-refractivity contribution in [2.24, 2.45) is 0 Å². The standard InChI is InChI=1S/C11H15O3P/c1-2-3-9-11(12)15(13,14)10-7-5-4-6-8-10/h4-8H,2-3,9H2,1H3,(H,13,14). The van der Waals surface area contributed by atoms with Crippen LogP contribution < -0.4 is 5.30 Å². The molecule has 0 bridgehead atoms. The maximum absolute atomic E-state index is 11.8. The quantitative estimate of drug-likeness (QED) is 0.784. The van der Waals surface area contributed by atoms with Crippen LogP contribution in [0.5, 0.6) is 0 Å². The second kappa shape index (κ2) is 5.24. The molecule has 4 heteroatoms. The average Bonchev–Trinajstić information content (AvgIpc) is 2.27. The lowest BCUT2D eigenvalue weighted by molar-refractivity contribution is -0.112. The van der Waals surface area contributed by atoms with Gasteiger partial charge in [0.05, 0.1) is 0 Å². The molecule has 1 rings (SSSR count). The normalized spacial score (nSPS) is 14.5. The maximum Gasteiger partial charge on any atom is 0.293 e. The highest BCUT2D eigenvalue weighted by Gasteiger charge is 2.29. The van der Waals surface area contributed by atoms with Crippen LogP contribution in [-0.4, -0.2) is 10.4 Å². The van der Waals surface area contributed by atoms with E-state index in [2.05, 4.69) is 0 Å². The van der Waals surface area contributed by atoms with Gasteiger partial charge in [0.15, 0.2) is 0 Å². The zero-order chi connectivity index (χ0) is 11.3. The third-order valence-corrected chi connectivity index (χ3v) is 4.09. The van der Waals surface area contributed by atoms with Gasteiger partial charge < -0.3 is 4.89 Å². The Morgan fingerprint density at radius 1 is 1.33 bits per heavy atom. The number of unbranched alkanes of at least 4 members (excludes halogenated alkanes) is 1. The Morgan fingerprint density at radius 2 is 1.93 bits per heavy atom. The molecule has 0 saturated carbocycles. The van der Waals surface area contributed by atoms with Gasteiger partial charge in [-0.05, 0) is 18.6 Å². The minimum Gasteiger partial charge on any atom is -0.336 e. The Morgan fingerprint density at radius 3 is 2.47 bits per heavy atom. The van der Waals surface area contributed by atoms with Crippen LogP contribution in [0.4, 0.5) is 0 Å². The Kier molecular flexibility index (Phi) is 4.25. The van der Waals surface area contributed by atoms with Crippen LogP contribution in [0.3, 0.4) is 0 Å². The average molecular weight is 226 g/mol. The van der Waals surface area contributed by atoms with E-state index in [0.717, 1.165) is 6.42 Å². The molecule has 0 fully saturated rings. The fourth-order valence-corrected chi connectivity index (χ4v) is 2.58. The molecule has 3 nitrogen and oxygen atoms in total. The number of rotatable bonds is 5. The minimum absolute atomic E-state index is 0.180. The maximum atomic E-state index is 11.8. The summed E-state index contributed by atoms with van der Waals surface area (Å²) in [6.45, 7) is 1.94. The van der Waals surface area contributed by atoms with Crippen LogP contribution in [0.2, 0.25) is 0 Å². The molecule has 0 aliphatic rings. The molecule has 1 aromatic carbocycles. The molecule has 1 atom stereocenters. The SMILES string of the molecule is CCCCC(=O)P(=O)(O)c1ccccc1. The number of carbonyl (C=O) groups excluding carboxylic acids is 1. The van der Waals surface area contributed by atoms with Crippen LogP contribution in [0.15, 0.2) is 30.3 Å². The molecule has 0 aliphatic carbocycles. The molecule has 0 aromatic heterocycles. The Labute approximate surface area is 89.6 Å². The van der Waals surface area contributed by atoms with Crippen molar-refractivity contribution in [3.63, 3.8) is 0 Å². The highest BCUT2D eigenvalue weighted by molar-refractivity contribution is 7.82. The van der Waals surface area contributed by atoms with E-state index in [4.69, 9.17) is 0 Å². The lowest BCUT2D eigenvalue weighted by Crippen LogP contribution is -2.11. The molecule has 0 spiro atoms. The third kappa shape index (κ3) is 3.01. The minimum atomic E-state index is -3.80. The van der Waals surface area contributed by atoms with Crippen molar-refractivity contribution in [3.05, 3.63) is 30.3 Å². The molecule has 1 unspecified atom stereocenters. The predicted octanol–water partition coefficient (Wildman–Crippen LogP) is 2.30. The molecular formula is C11H15O3P. The van der Waals surface area contributed by atoms with Gasteiger partial charge in [-0.1, -0.05) is 31.5 Å². The summed E-state index contributed by atoms with van der Waals surface area (Å²) < 4.78 is 11.8. The van der Waals surface area contributed by atoms with Crippen molar-refractivity contribution >= 4 is 18.2 Å². The van der Waals surface area contributed by atoms with Crippen molar-refractivity contribution in [1.82, 2.24) is 0 Å². The fraction of sp³-hybridized carbons (Fsp3) is 0.364. The fourth-order valence-electron chi connectivity index (χ4n) is 1.25. The van der Waals surface area contributed by atoms with Gasteiger partial charge in [-0.2, -0.15) is 0 Å². The summed E-state index contributed by atoms with van der Waals surface area (Å²) in [5.74, 6) is 0. The van der Waals surface area contributed by atoms with E-state index in [9.17, 15) is 14.3 Å². The van der Waals surface area contributed by atoms with E-state index in [1.54, 1.807) is 18.2 Å². The summed E-state index contributed by atoms with van der Waals surface area (Å²) in [5.41, 5.74) is -0.546. The lowest BCUT2D eigenvalue weighted by Gasteiger charge is -2.09. The van der Waals surface area contributed by atoms with Gasteiger partial charge in [-0.3, -0.25) is 9.36 Å². The van der Waals surface area contributed by atoms with Crippen molar-refractivity contribution in [2.45, 2.75) is 26.2 Å². The second-order valence-electron chi connectivity index (χ2n) is 3.41. The summed E-state index contributed by atoms with van der Waals surface area (Å²) in [5, 5.41) is 0.228. The van der Waals surface area contributed by atoms with E-state index in [0.29, 0.717) is 6.42 Å². The highest BCUT2D eigenvalue weighted by Crippen LogP contribution is 2.41. The third-order valence-electron chi connectivity index (χ3n) is 2.19. The van der Waals surface area contributed by atoms with Crippen molar-refractivity contribution in [3.8, 4) is 0 Å². The summed E-state index contributed by atoms with van der Waals surface area (Å²) in [6, 6.07) is 8.10. The van der Waals surface area contributed by atoms with Gasteiger partial charge in [-0.25, -0.2) is 0 Å². The largest absolute Gasteiger partial charge is 0.336 e. The van der Waals surface area contributed by atoms with E-state index >= 15 is 0 Å². The van der Waals surface area contributed by atoms with Crippen LogP contribution in [0, 0.1) is 0 Å². The van der Waals surface area contributed by atoms with Gasteiger partial charge >= 0.3 is 0 Å². The Bertz CT molecular complexity index is 373. The Balaban J connectivity index is 2.84. The smallest absolute Gasteiger partial charge is 0.293 e. The first-order valence-corrected chi connectivity index (χ1v) is 6.66. The summed E-state index contributed by atoms with van der Waals surface area (Å²) in [6.07, 6.45) is 1.69. The zero-order valence-corrected chi connectivity index (χ0v) is 9.61. The van der Waals surface area contributed by atoms with Crippen molar-refractivity contribution in [2.75, 3.05) is 0 Å². The topological polar surface area (TPSA) is 54.4 Å². The summed E-state index contributed by atoms with van der Waals surface area (Å²) in [4.78, 5) is 21.2. The van der Waals surface area contributed by atoms with Gasteiger partial charge in [0.2, 0.25) is 5.52 Å². The molecular weight excluding hydrogens is 211 g/mol. The van der Waals surface area contributed by atoms with Gasteiger partial charge in [0.1, 0.15) is 0 Å². The first-order valence-electron chi connectivity index (χ1n) is 5.01. The number of hydrogen-bond donors (Lipinski definition) is 1. The summed E-state index contributed by atoms with van der Waals surface area (Å²) >= 11 is 0. The molecule has 0 radical (unpaired) electrons. The Hall–Kier alpha value is -0.920. The number of benzene rings is 1. The molecule has 0 amide bonds. The van der Waals surface area contributed by atoms with Crippen LogP contribution in [0.25, 0.3) is 0 Å². The first kappa shape index (κ1) is 12.2. The molecule has 1 aromatic rings. The zero-order valence-electron chi connectivity index (χ0n) is 8.72. The van der Waals surface area contributed by atoms with E-state index < -0.39 is 12.9 Å². The van der Waals surface area contributed by atoms with Gasteiger partial charge in [0, 0.05) is 11.7 Å². The molecule has 15 heavy (non-hydrogen) atoms. The lowest BCUT2D eigenvalue weighted by atomic mass is 10.3. The summed E-state index contributed by atoms with van der Waals surface area (Å²) in [7, 11) is -3.80. The van der Waals surface area contributed by atoms with E-state index in [-0.39, 0.29) is 11.7 Å². The van der Waals surface area contributed by atoms with Crippen molar-refractivity contribution < 1.29 is 14.3 Å². The van der Waals surface area contributed by atoms with E-state index in [1.165, 1.54) is 12.1 Å². The molecule has 0 aliphatic heterocycles. The first-order chi connectivity index (χ1) is 7.09. The van der Waals surface area contributed by atoms with Gasteiger partial charge in [-0.15, -0.1) is 0 Å². The number of hydrogen-bond acceptors (Lipinski definition) is 2. The van der Waals surface area contributed by atoms with Crippen LogP contribution in [0.1, 0.15) is 26.2 Å². The molecule has 0 saturated heterocycles. The van der Waals surface area contributed by atoms with Crippen LogP contribution >= 0.6 is 7.37 Å². The van der Waals surface area contributed by atoms with Crippen LogP contribution in [-0.2, 0) is 9.36 Å².